The summed E-state index contributed by atoms with van der Waals surface area (Å²) in [4.78, 5) is 0. The fourth-order valence-electron chi connectivity index (χ4n) is 4.34. The van der Waals surface area contributed by atoms with Crippen LogP contribution in [0.1, 0.15) is 47.9 Å². The molecule has 19 heavy (non-hydrogen) atoms. The van der Waals surface area contributed by atoms with Crippen LogP contribution in [0.3, 0.4) is 0 Å². The van der Waals surface area contributed by atoms with E-state index in [1.54, 1.807) is 22.3 Å². The first-order valence-corrected chi connectivity index (χ1v) is 7.57. The second-order valence-electron chi connectivity index (χ2n) is 6.10. The highest BCUT2D eigenvalue weighted by atomic mass is 14.4. The Labute approximate surface area is 115 Å². The largest absolute Gasteiger partial charge is 0.0620 e. The van der Waals surface area contributed by atoms with Gasteiger partial charge in [-0.3, -0.25) is 0 Å². The van der Waals surface area contributed by atoms with E-state index in [-0.39, 0.29) is 0 Å². The zero-order valence-corrected chi connectivity index (χ0v) is 11.4. The van der Waals surface area contributed by atoms with Gasteiger partial charge < -0.3 is 0 Å². The fraction of sp³-hybridized carbons (Fsp3) is 0.368. The summed E-state index contributed by atoms with van der Waals surface area (Å²) in [7, 11) is 0. The Morgan fingerprint density at radius 1 is 0.632 bits per heavy atom. The van der Waals surface area contributed by atoms with E-state index in [1.807, 2.05) is 0 Å². The molecule has 2 aromatic carbocycles. The first-order valence-electron chi connectivity index (χ1n) is 7.57. The molecule has 1 fully saturated rings. The van der Waals surface area contributed by atoms with Crippen molar-refractivity contribution in [1.29, 1.82) is 0 Å². The predicted octanol–water partition coefficient (Wildman–Crippen LogP) is 4.65. The van der Waals surface area contributed by atoms with Crippen LogP contribution in [0.15, 0.2) is 48.5 Å². The molecule has 0 N–H and O–H groups in total. The third-order valence-corrected chi connectivity index (χ3v) is 5.19. The first-order chi connectivity index (χ1) is 9.40. The molecule has 0 aliphatic heterocycles. The molecule has 0 bridgehead atoms. The highest BCUT2D eigenvalue weighted by Gasteiger charge is 2.40. The molecule has 0 heteroatoms. The molecule has 0 aromatic heterocycles. The Bertz CT molecular complexity index is 553. The molecular formula is C19H20. The first kappa shape index (κ1) is 11.3. The van der Waals surface area contributed by atoms with Crippen molar-refractivity contribution in [2.75, 3.05) is 0 Å². The molecule has 1 saturated carbocycles. The summed E-state index contributed by atoms with van der Waals surface area (Å²) >= 11 is 0. The highest BCUT2D eigenvalue weighted by Crippen LogP contribution is 2.50. The fourth-order valence-corrected chi connectivity index (χ4v) is 4.34. The number of benzene rings is 2. The lowest BCUT2D eigenvalue weighted by molar-refractivity contribution is 0.532. The van der Waals surface area contributed by atoms with Gasteiger partial charge in [0.05, 0.1) is 0 Å². The molecule has 2 aromatic rings. The SMILES string of the molecule is c1ccc2c(c1)CCc1ccccc1C21CCCC1. The van der Waals surface area contributed by atoms with Crippen molar-refractivity contribution >= 4 is 0 Å². The zero-order valence-electron chi connectivity index (χ0n) is 11.4. The van der Waals surface area contributed by atoms with E-state index < -0.39 is 0 Å². The summed E-state index contributed by atoms with van der Waals surface area (Å²) in [6.45, 7) is 0. The van der Waals surface area contributed by atoms with Crippen molar-refractivity contribution in [3.63, 3.8) is 0 Å². The van der Waals surface area contributed by atoms with Gasteiger partial charge in [0.2, 0.25) is 0 Å². The van der Waals surface area contributed by atoms with Crippen LogP contribution in [0.4, 0.5) is 0 Å². The van der Waals surface area contributed by atoms with E-state index in [0.29, 0.717) is 5.41 Å². The molecule has 0 nitrogen and oxygen atoms in total. The average Bonchev–Trinajstić information content (AvgIpc) is 2.91. The molecule has 0 saturated heterocycles. The van der Waals surface area contributed by atoms with Crippen molar-refractivity contribution in [3.8, 4) is 0 Å². The van der Waals surface area contributed by atoms with Crippen molar-refractivity contribution in [1.82, 2.24) is 0 Å². The third kappa shape index (κ3) is 1.59. The van der Waals surface area contributed by atoms with Crippen LogP contribution < -0.4 is 0 Å². The Morgan fingerprint density at radius 2 is 1.11 bits per heavy atom. The molecule has 2 aliphatic carbocycles. The van der Waals surface area contributed by atoms with Gasteiger partial charge in [-0.1, -0.05) is 61.4 Å². The van der Waals surface area contributed by atoms with Gasteiger partial charge in [0, 0.05) is 5.41 Å². The van der Waals surface area contributed by atoms with Crippen LogP contribution in [0.2, 0.25) is 0 Å². The number of hydrogen-bond acceptors (Lipinski definition) is 0. The van der Waals surface area contributed by atoms with Gasteiger partial charge in [0.1, 0.15) is 0 Å². The molecular weight excluding hydrogens is 228 g/mol. The second-order valence-corrected chi connectivity index (χ2v) is 6.10. The highest BCUT2D eigenvalue weighted by molar-refractivity contribution is 5.50. The summed E-state index contributed by atoms with van der Waals surface area (Å²) in [5.74, 6) is 0. The van der Waals surface area contributed by atoms with Crippen molar-refractivity contribution in [2.24, 2.45) is 0 Å². The smallest absolute Gasteiger partial charge is 0.0208 e. The monoisotopic (exact) mass is 248 g/mol. The van der Waals surface area contributed by atoms with Crippen molar-refractivity contribution in [3.05, 3.63) is 70.8 Å². The van der Waals surface area contributed by atoms with Crippen LogP contribution in [0.5, 0.6) is 0 Å². The Hall–Kier alpha value is -1.56. The minimum absolute atomic E-state index is 0.323. The topological polar surface area (TPSA) is 0 Å². The lowest BCUT2D eigenvalue weighted by atomic mass is 9.71. The Morgan fingerprint density at radius 3 is 1.63 bits per heavy atom. The summed E-state index contributed by atoms with van der Waals surface area (Å²) < 4.78 is 0. The number of fused-ring (bicyclic) bond motifs is 4. The van der Waals surface area contributed by atoms with Gasteiger partial charge in [-0.05, 0) is 47.9 Å². The maximum Gasteiger partial charge on any atom is 0.0208 e. The van der Waals surface area contributed by atoms with Gasteiger partial charge >= 0.3 is 0 Å². The summed E-state index contributed by atoms with van der Waals surface area (Å²) in [5.41, 5.74) is 6.74. The predicted molar refractivity (Wildman–Crippen MR) is 79.5 cm³/mol. The molecule has 96 valence electrons. The molecule has 2 aliphatic rings. The third-order valence-electron chi connectivity index (χ3n) is 5.19. The second kappa shape index (κ2) is 4.23. The van der Waals surface area contributed by atoms with Gasteiger partial charge in [-0.15, -0.1) is 0 Å². The van der Waals surface area contributed by atoms with E-state index >= 15 is 0 Å². The van der Waals surface area contributed by atoms with Gasteiger partial charge in [0.15, 0.2) is 0 Å². The number of rotatable bonds is 0. The molecule has 0 radical (unpaired) electrons. The molecule has 1 spiro atoms. The van der Waals surface area contributed by atoms with Crippen LogP contribution in [-0.4, -0.2) is 0 Å². The van der Waals surface area contributed by atoms with Gasteiger partial charge in [-0.25, -0.2) is 0 Å². The average molecular weight is 248 g/mol. The van der Waals surface area contributed by atoms with E-state index in [1.165, 1.54) is 38.5 Å². The van der Waals surface area contributed by atoms with Gasteiger partial charge in [-0.2, -0.15) is 0 Å². The van der Waals surface area contributed by atoms with Crippen molar-refractivity contribution < 1.29 is 0 Å². The summed E-state index contributed by atoms with van der Waals surface area (Å²) in [5, 5.41) is 0. The molecule has 0 atom stereocenters. The molecule has 0 heterocycles. The van der Waals surface area contributed by atoms with Crippen LogP contribution in [0, 0.1) is 0 Å². The van der Waals surface area contributed by atoms with E-state index in [2.05, 4.69) is 48.5 Å². The number of aryl methyl sites for hydroxylation is 2. The van der Waals surface area contributed by atoms with Crippen LogP contribution in [0.25, 0.3) is 0 Å². The minimum atomic E-state index is 0.323. The summed E-state index contributed by atoms with van der Waals surface area (Å²) in [6, 6.07) is 18.3. The van der Waals surface area contributed by atoms with Crippen molar-refractivity contribution in [2.45, 2.75) is 43.9 Å². The number of hydrogen-bond donors (Lipinski definition) is 0. The standard InChI is InChI=1S/C19H20/c1-3-9-17-15(7-1)11-12-16-8-2-4-10-18(16)19(17)13-5-6-14-19/h1-4,7-10H,5-6,11-14H2. The molecule has 0 amide bonds. The Kier molecular flexibility index (Phi) is 2.51. The zero-order chi connectivity index (χ0) is 12.7. The van der Waals surface area contributed by atoms with E-state index in [4.69, 9.17) is 0 Å². The van der Waals surface area contributed by atoms with Crippen LogP contribution >= 0.6 is 0 Å². The van der Waals surface area contributed by atoms with E-state index in [9.17, 15) is 0 Å². The normalized spacial score (nSPS) is 19.8. The van der Waals surface area contributed by atoms with Gasteiger partial charge in [0.25, 0.3) is 0 Å². The Balaban J connectivity index is 2.01. The van der Waals surface area contributed by atoms with E-state index in [0.717, 1.165) is 0 Å². The molecule has 4 rings (SSSR count). The minimum Gasteiger partial charge on any atom is -0.0620 e. The lowest BCUT2D eigenvalue weighted by Crippen LogP contribution is -2.25. The maximum absolute atomic E-state index is 2.39. The van der Waals surface area contributed by atoms with Crippen LogP contribution in [-0.2, 0) is 18.3 Å². The molecule has 0 unspecified atom stereocenters. The summed E-state index contributed by atoms with van der Waals surface area (Å²) in [6.07, 6.45) is 7.83. The quantitative estimate of drug-likeness (QED) is 0.637. The maximum atomic E-state index is 2.39. The lowest BCUT2D eigenvalue weighted by Gasteiger charge is -2.32.